The molecular formula is C25H26ClF5N4O3S. The number of hydrogen-bond acceptors (Lipinski definition) is 8. The summed E-state index contributed by atoms with van der Waals surface area (Å²) in [6.45, 7) is -1.64. The first-order valence-electron chi connectivity index (χ1n) is 12.2. The lowest BCUT2D eigenvalue weighted by atomic mass is 9.80. The van der Waals surface area contributed by atoms with Gasteiger partial charge in [0.15, 0.2) is 22.5 Å². The second-order valence-electron chi connectivity index (χ2n) is 9.24. The Kier molecular flexibility index (Phi) is 9.25. The van der Waals surface area contributed by atoms with Gasteiger partial charge >= 0.3 is 12.1 Å². The number of nitrogens with one attached hydrogen (secondary N) is 1. The molecule has 1 unspecified atom stereocenters. The van der Waals surface area contributed by atoms with E-state index in [0.717, 1.165) is 6.07 Å². The Balaban J connectivity index is 1.72. The van der Waals surface area contributed by atoms with Crippen molar-refractivity contribution in [2.75, 3.05) is 26.8 Å². The number of aromatic nitrogens is 1. The van der Waals surface area contributed by atoms with Crippen LogP contribution >= 0.6 is 22.9 Å². The molecule has 2 heterocycles. The fourth-order valence-corrected chi connectivity index (χ4v) is 5.97. The summed E-state index contributed by atoms with van der Waals surface area (Å²) in [5.41, 5.74) is 0.532. The van der Waals surface area contributed by atoms with Gasteiger partial charge in [-0.15, -0.1) is 11.3 Å². The molecule has 1 aromatic carbocycles. The summed E-state index contributed by atoms with van der Waals surface area (Å²) < 4.78 is 72.7. The molecule has 0 saturated heterocycles. The molecule has 4 rings (SSSR count). The second kappa shape index (κ2) is 12.3. The summed E-state index contributed by atoms with van der Waals surface area (Å²) in [4.78, 5) is 23.2. The number of rotatable bonds is 8. The molecule has 1 aromatic heterocycles. The summed E-state index contributed by atoms with van der Waals surface area (Å²) >= 11 is 7.45. The number of halogens is 6. The van der Waals surface area contributed by atoms with E-state index in [1.54, 1.807) is 11.6 Å². The molecule has 0 amide bonds. The summed E-state index contributed by atoms with van der Waals surface area (Å²) in [6.07, 6.45) is -1.27. The Hall–Kier alpha value is -2.61. The lowest BCUT2D eigenvalue weighted by Gasteiger charge is -2.39. The lowest BCUT2D eigenvalue weighted by molar-refractivity contribution is -0.153. The number of ether oxygens (including phenoxy) is 1. The van der Waals surface area contributed by atoms with Crippen LogP contribution in [0.5, 0.6) is 0 Å². The van der Waals surface area contributed by atoms with E-state index in [0.29, 0.717) is 42.2 Å². The van der Waals surface area contributed by atoms with E-state index in [2.05, 4.69) is 15.3 Å². The highest BCUT2D eigenvalue weighted by molar-refractivity contribution is 7.11. The minimum Gasteiger partial charge on any atom is -0.466 e. The van der Waals surface area contributed by atoms with Gasteiger partial charge in [0.1, 0.15) is 6.04 Å². The number of aliphatic hydroxyl groups excluding tert-OH is 1. The monoisotopic (exact) mass is 592 g/mol. The first kappa shape index (κ1) is 29.4. The number of thiazole rings is 1. The number of nitrogens with zero attached hydrogens (tertiary/aromatic N) is 3. The summed E-state index contributed by atoms with van der Waals surface area (Å²) in [7, 11) is 1.18. The van der Waals surface area contributed by atoms with Crippen LogP contribution in [0.15, 0.2) is 40.0 Å². The summed E-state index contributed by atoms with van der Waals surface area (Å²) in [5.74, 6) is -3.21. The molecule has 212 valence electrons. The number of benzene rings is 1. The van der Waals surface area contributed by atoms with Crippen LogP contribution in [-0.2, 0) is 9.53 Å². The van der Waals surface area contributed by atoms with Crippen molar-refractivity contribution in [3.63, 3.8) is 0 Å². The Morgan fingerprint density at radius 3 is 2.56 bits per heavy atom. The van der Waals surface area contributed by atoms with Gasteiger partial charge in [-0.1, -0.05) is 17.7 Å². The number of aliphatic hydroxyl groups is 1. The van der Waals surface area contributed by atoms with Gasteiger partial charge in [-0.25, -0.2) is 18.6 Å². The van der Waals surface area contributed by atoms with E-state index in [-0.39, 0.29) is 23.6 Å². The van der Waals surface area contributed by atoms with Crippen LogP contribution in [0.25, 0.3) is 0 Å². The van der Waals surface area contributed by atoms with Crippen LogP contribution in [0.4, 0.5) is 22.0 Å². The molecule has 1 aliphatic carbocycles. The van der Waals surface area contributed by atoms with Crippen LogP contribution < -0.4 is 5.32 Å². The van der Waals surface area contributed by atoms with Gasteiger partial charge in [0.2, 0.25) is 0 Å². The molecule has 0 radical (unpaired) electrons. The molecule has 1 saturated carbocycles. The minimum atomic E-state index is -4.41. The summed E-state index contributed by atoms with van der Waals surface area (Å²) in [6, 6.07) is 0.586. The average molecular weight is 593 g/mol. The fourth-order valence-electron chi connectivity index (χ4n) is 5.13. The van der Waals surface area contributed by atoms with Crippen molar-refractivity contribution in [1.82, 2.24) is 15.2 Å². The molecule has 7 nitrogen and oxygen atoms in total. The maximum Gasteiger partial charge on any atom is 0.401 e. The number of carbonyl (C=O) groups is 1. The van der Waals surface area contributed by atoms with E-state index in [1.807, 2.05) is 0 Å². The highest BCUT2D eigenvalue weighted by Crippen LogP contribution is 2.42. The van der Waals surface area contributed by atoms with Crippen molar-refractivity contribution >= 4 is 34.7 Å². The molecule has 0 spiro atoms. The van der Waals surface area contributed by atoms with Gasteiger partial charge in [-0.3, -0.25) is 9.89 Å². The van der Waals surface area contributed by atoms with E-state index in [1.165, 1.54) is 29.4 Å². The van der Waals surface area contributed by atoms with Crippen molar-refractivity contribution in [2.24, 2.45) is 10.9 Å². The Labute approximate surface area is 230 Å². The van der Waals surface area contributed by atoms with Crippen LogP contribution in [-0.4, -0.2) is 65.8 Å². The number of esters is 1. The second-order valence-corrected chi connectivity index (χ2v) is 10.5. The lowest BCUT2D eigenvalue weighted by Crippen LogP contribution is -2.46. The third-order valence-corrected chi connectivity index (χ3v) is 8.03. The van der Waals surface area contributed by atoms with Crippen molar-refractivity contribution in [2.45, 2.75) is 43.9 Å². The first-order chi connectivity index (χ1) is 18.5. The Morgan fingerprint density at radius 1 is 1.26 bits per heavy atom. The van der Waals surface area contributed by atoms with Crippen LogP contribution in [0.3, 0.4) is 0 Å². The zero-order valence-electron chi connectivity index (χ0n) is 20.8. The number of aliphatic imine (C=N–C) groups is 1. The number of amidine groups is 1. The van der Waals surface area contributed by atoms with Crippen LogP contribution in [0.2, 0.25) is 5.02 Å². The van der Waals surface area contributed by atoms with Gasteiger partial charge in [0.25, 0.3) is 0 Å². The molecule has 2 N–H and O–H groups in total. The van der Waals surface area contributed by atoms with E-state index in [9.17, 15) is 31.9 Å². The summed E-state index contributed by atoms with van der Waals surface area (Å²) in [5, 5.41) is 14.2. The van der Waals surface area contributed by atoms with Gasteiger partial charge < -0.3 is 15.2 Å². The molecule has 1 aliphatic heterocycles. The SMILES string of the molecule is COC(=O)C1=C([C@H]2CC[C@H](N(CCO)CC(F)(F)F)CC2)NC(c2nccs2)=NC1c1ccc(F)c(F)c1Cl. The largest absolute Gasteiger partial charge is 0.466 e. The standard InChI is InChI=1S/C25H26ClF5N4O3S/c1-38-24(37)17-20(13-2-4-14(5-3-13)35(9-10-36)12-25(29,30)31)33-22(23-32-8-11-39-23)34-21(17)15-6-7-16(27)19(28)18(15)26/h6-8,11,13-14,21,36H,2-5,9-10,12H2,1H3,(H,33,34)/t13-,14-,21?. The van der Waals surface area contributed by atoms with Gasteiger partial charge in [0, 0.05) is 35.4 Å². The predicted octanol–water partition coefficient (Wildman–Crippen LogP) is 5.01. The number of alkyl halides is 3. The number of allylic oxidation sites excluding steroid dienone is 1. The zero-order valence-corrected chi connectivity index (χ0v) is 22.3. The van der Waals surface area contributed by atoms with E-state index >= 15 is 0 Å². The van der Waals surface area contributed by atoms with Crippen molar-refractivity contribution in [3.05, 3.63) is 62.2 Å². The van der Waals surface area contributed by atoms with Crippen molar-refractivity contribution < 1.29 is 36.6 Å². The van der Waals surface area contributed by atoms with E-state index in [4.69, 9.17) is 16.3 Å². The minimum absolute atomic E-state index is 0.0525. The third kappa shape index (κ3) is 6.59. The topological polar surface area (TPSA) is 87.0 Å². The molecule has 1 fully saturated rings. The third-order valence-electron chi connectivity index (χ3n) is 6.87. The Morgan fingerprint density at radius 2 is 1.97 bits per heavy atom. The molecule has 2 aliphatic rings. The van der Waals surface area contributed by atoms with E-state index < -0.39 is 54.0 Å². The highest BCUT2D eigenvalue weighted by Gasteiger charge is 2.40. The van der Waals surface area contributed by atoms with Gasteiger partial charge in [0.05, 0.1) is 30.9 Å². The average Bonchev–Trinajstić information content (AvgIpc) is 3.45. The number of carbonyl (C=O) groups excluding carboxylic acids is 1. The maximum absolute atomic E-state index is 14.5. The smallest absolute Gasteiger partial charge is 0.401 e. The zero-order chi connectivity index (χ0) is 28.3. The molecule has 39 heavy (non-hydrogen) atoms. The fraction of sp³-hybridized carbons (Fsp3) is 0.480. The molecular weight excluding hydrogens is 567 g/mol. The normalized spacial score (nSPS) is 22.1. The van der Waals surface area contributed by atoms with Crippen molar-refractivity contribution in [3.8, 4) is 0 Å². The Bertz CT molecular complexity index is 1250. The molecule has 0 bridgehead atoms. The van der Waals surface area contributed by atoms with Crippen LogP contribution in [0.1, 0.15) is 42.3 Å². The molecule has 14 heteroatoms. The first-order valence-corrected chi connectivity index (χ1v) is 13.4. The number of methoxy groups -OCH3 is 1. The van der Waals surface area contributed by atoms with Gasteiger partial charge in [-0.2, -0.15) is 13.2 Å². The van der Waals surface area contributed by atoms with Crippen molar-refractivity contribution in [1.29, 1.82) is 0 Å². The quantitative estimate of drug-likeness (QED) is 0.255. The molecule has 2 aromatic rings. The maximum atomic E-state index is 14.5. The van der Waals surface area contributed by atoms with Crippen LogP contribution in [0, 0.1) is 17.6 Å². The number of hydrogen-bond donors (Lipinski definition) is 2. The molecule has 1 atom stereocenters. The highest BCUT2D eigenvalue weighted by atomic mass is 35.5. The van der Waals surface area contributed by atoms with Gasteiger partial charge in [-0.05, 0) is 37.7 Å². The predicted molar refractivity (Wildman–Crippen MR) is 135 cm³/mol.